The van der Waals surface area contributed by atoms with Crippen molar-refractivity contribution < 1.29 is 23.6 Å². The molecule has 0 spiro atoms. The van der Waals surface area contributed by atoms with Gasteiger partial charge in [-0.1, -0.05) is 36.4 Å². The number of hydrogen-bond acceptors (Lipinski definition) is 4. The highest BCUT2D eigenvalue weighted by Crippen LogP contribution is 2.45. The highest BCUT2D eigenvalue weighted by Gasteiger charge is 2.52. The molecule has 3 aromatic carbocycles. The van der Waals surface area contributed by atoms with E-state index >= 15 is 0 Å². The Bertz CT molecular complexity index is 1270. The zero-order valence-corrected chi connectivity index (χ0v) is 18.6. The summed E-state index contributed by atoms with van der Waals surface area (Å²) in [7, 11) is 3.13. The lowest BCUT2D eigenvalue weighted by Gasteiger charge is -2.40. The third kappa shape index (κ3) is 3.15. The minimum atomic E-state index is -1.32. The largest absolute Gasteiger partial charge is 0.314 e. The fourth-order valence-corrected chi connectivity index (χ4v) is 5.06. The lowest BCUT2D eigenvalue weighted by atomic mass is 9.68. The molecule has 2 heterocycles. The second-order valence-electron chi connectivity index (χ2n) is 8.59. The summed E-state index contributed by atoms with van der Waals surface area (Å²) >= 11 is 0. The van der Waals surface area contributed by atoms with E-state index in [9.17, 15) is 23.6 Å². The van der Waals surface area contributed by atoms with Gasteiger partial charge in [0, 0.05) is 31.1 Å². The predicted octanol–water partition coefficient (Wildman–Crippen LogP) is 3.86. The number of amides is 2. The molecule has 0 aliphatic carbocycles. The van der Waals surface area contributed by atoms with E-state index in [1.165, 1.54) is 34.1 Å². The molecule has 34 heavy (non-hydrogen) atoms. The third-order valence-corrected chi connectivity index (χ3v) is 6.79. The number of anilines is 2. The fourth-order valence-electron chi connectivity index (χ4n) is 5.06. The van der Waals surface area contributed by atoms with Crippen LogP contribution in [0.25, 0.3) is 0 Å². The summed E-state index contributed by atoms with van der Waals surface area (Å²) in [4.78, 5) is 57.2. The molecule has 2 aliphatic heterocycles. The monoisotopic (exact) mass is 456 g/mol. The number of benzene rings is 3. The molecule has 170 valence electrons. The van der Waals surface area contributed by atoms with Gasteiger partial charge in [0.05, 0.1) is 11.4 Å². The van der Waals surface area contributed by atoms with Crippen LogP contribution in [0.5, 0.6) is 0 Å². The average Bonchev–Trinajstić information content (AvgIpc) is 2.86. The van der Waals surface area contributed by atoms with Gasteiger partial charge < -0.3 is 9.80 Å². The van der Waals surface area contributed by atoms with Gasteiger partial charge in [0.15, 0.2) is 11.6 Å². The Labute approximate surface area is 195 Å². The first-order valence-electron chi connectivity index (χ1n) is 10.9. The van der Waals surface area contributed by atoms with Crippen molar-refractivity contribution in [3.63, 3.8) is 0 Å². The molecule has 0 aromatic heterocycles. The maximum absolute atomic E-state index is 13.8. The Morgan fingerprint density at radius 2 is 1.06 bits per heavy atom. The number of carbonyl (C=O) groups is 4. The van der Waals surface area contributed by atoms with Crippen molar-refractivity contribution >= 4 is 34.8 Å². The Morgan fingerprint density at radius 3 is 1.50 bits per heavy atom. The molecule has 0 bridgehead atoms. The molecule has 0 saturated heterocycles. The van der Waals surface area contributed by atoms with Crippen LogP contribution in [0.2, 0.25) is 0 Å². The molecule has 0 saturated carbocycles. The molecule has 0 fully saturated rings. The van der Waals surface area contributed by atoms with Crippen LogP contribution in [0.3, 0.4) is 0 Å². The molecule has 0 N–H and O–H groups in total. The van der Waals surface area contributed by atoms with E-state index in [4.69, 9.17) is 0 Å². The number of carbonyl (C=O) groups excluding carboxylic acids is 4. The minimum absolute atomic E-state index is 0.339. The normalized spacial score (nSPS) is 20.0. The van der Waals surface area contributed by atoms with Crippen LogP contribution < -0.4 is 9.80 Å². The van der Waals surface area contributed by atoms with Crippen molar-refractivity contribution in [2.45, 2.75) is 5.92 Å². The summed E-state index contributed by atoms with van der Waals surface area (Å²) in [6.07, 6.45) is 0. The van der Waals surface area contributed by atoms with Crippen LogP contribution in [0.15, 0.2) is 72.8 Å². The zero-order valence-electron chi connectivity index (χ0n) is 18.6. The van der Waals surface area contributed by atoms with E-state index in [2.05, 4.69) is 0 Å². The van der Waals surface area contributed by atoms with E-state index < -0.39 is 47.0 Å². The lowest BCUT2D eigenvalue weighted by Crippen LogP contribution is -2.52. The van der Waals surface area contributed by atoms with Gasteiger partial charge in [0.1, 0.15) is 17.7 Å². The molecule has 5 rings (SSSR count). The zero-order chi connectivity index (χ0) is 24.1. The summed E-state index contributed by atoms with van der Waals surface area (Å²) in [5.74, 6) is -6.20. The number of hydrogen-bond donors (Lipinski definition) is 0. The Morgan fingerprint density at radius 1 is 0.647 bits per heavy atom. The Hall–Kier alpha value is -4.13. The third-order valence-electron chi connectivity index (χ3n) is 6.79. The van der Waals surface area contributed by atoms with Crippen molar-refractivity contribution in [1.82, 2.24) is 0 Å². The summed E-state index contributed by atoms with van der Waals surface area (Å²) in [6, 6.07) is 18.7. The lowest BCUT2D eigenvalue weighted by molar-refractivity contribution is -0.124. The van der Waals surface area contributed by atoms with Crippen molar-refractivity contribution in [3.05, 3.63) is 95.3 Å². The molecule has 0 radical (unpaired) electrons. The van der Waals surface area contributed by atoms with Gasteiger partial charge in [-0.3, -0.25) is 19.2 Å². The summed E-state index contributed by atoms with van der Waals surface area (Å²) in [6.45, 7) is 0. The molecule has 6 nitrogen and oxygen atoms in total. The number of para-hydroxylation sites is 2. The van der Waals surface area contributed by atoms with Crippen LogP contribution >= 0.6 is 0 Å². The molecular weight excluding hydrogens is 435 g/mol. The second-order valence-corrected chi connectivity index (χ2v) is 8.59. The topological polar surface area (TPSA) is 74.8 Å². The molecule has 2 amide bonds. The first-order chi connectivity index (χ1) is 16.3. The quantitative estimate of drug-likeness (QED) is 0.561. The standard InChI is InChI=1S/C27H21FN2O4/c1-29-19-9-5-3-7-17(19)24(31)22(26(29)33)21(15-11-13-16(28)14-12-15)23-25(32)18-8-4-6-10-20(18)30(2)27(23)34/h3-14,21-23H,1-2H3/t22-,23-/m0/s1. The van der Waals surface area contributed by atoms with E-state index in [1.807, 2.05) is 0 Å². The van der Waals surface area contributed by atoms with Crippen LogP contribution in [-0.4, -0.2) is 37.5 Å². The molecule has 2 aliphatic rings. The highest BCUT2D eigenvalue weighted by molar-refractivity contribution is 6.25. The van der Waals surface area contributed by atoms with Gasteiger partial charge in [-0.2, -0.15) is 0 Å². The molecule has 2 atom stereocenters. The number of nitrogens with zero attached hydrogens (tertiary/aromatic N) is 2. The van der Waals surface area contributed by atoms with E-state index in [0.717, 1.165) is 0 Å². The first kappa shape index (κ1) is 21.7. The van der Waals surface area contributed by atoms with E-state index in [0.29, 0.717) is 28.1 Å². The second kappa shape index (κ2) is 8.02. The smallest absolute Gasteiger partial charge is 0.238 e. The van der Waals surface area contributed by atoms with Crippen LogP contribution in [0, 0.1) is 17.7 Å². The van der Waals surface area contributed by atoms with E-state index in [-0.39, 0.29) is 0 Å². The average molecular weight is 456 g/mol. The molecule has 3 aromatic rings. The fraction of sp³-hybridized carbons (Fsp3) is 0.185. The van der Waals surface area contributed by atoms with Gasteiger partial charge in [0.2, 0.25) is 11.8 Å². The van der Waals surface area contributed by atoms with Crippen LogP contribution in [0.4, 0.5) is 15.8 Å². The number of halogens is 1. The van der Waals surface area contributed by atoms with Gasteiger partial charge in [0.25, 0.3) is 0 Å². The summed E-state index contributed by atoms with van der Waals surface area (Å²) in [5, 5.41) is 0. The highest BCUT2D eigenvalue weighted by atomic mass is 19.1. The van der Waals surface area contributed by atoms with Crippen molar-refractivity contribution in [2.24, 2.45) is 11.8 Å². The molecule has 0 unspecified atom stereocenters. The minimum Gasteiger partial charge on any atom is -0.314 e. The first-order valence-corrected chi connectivity index (χ1v) is 10.9. The maximum Gasteiger partial charge on any atom is 0.238 e. The summed E-state index contributed by atoms with van der Waals surface area (Å²) < 4.78 is 13.8. The van der Waals surface area contributed by atoms with Gasteiger partial charge in [-0.25, -0.2) is 4.39 Å². The Kier molecular flexibility index (Phi) is 5.12. The number of fused-ring (bicyclic) bond motifs is 2. The molecule has 7 heteroatoms. The summed E-state index contributed by atoms with van der Waals surface area (Å²) in [5.41, 5.74) is 1.99. The number of Topliss-reactive ketones (excluding diaryl/α,β-unsaturated/α-hetero) is 2. The predicted molar refractivity (Wildman–Crippen MR) is 124 cm³/mol. The van der Waals surface area contributed by atoms with Gasteiger partial charge in [-0.05, 0) is 42.0 Å². The SMILES string of the molecule is CN1C(=O)[C@@H](C(c2ccc(F)cc2)[C@H]2C(=O)c3ccccc3N(C)C2=O)C(=O)c2ccccc21. The Balaban J connectivity index is 1.71. The molecular formula is C27H21FN2O4. The number of ketones is 2. The van der Waals surface area contributed by atoms with E-state index in [1.54, 1.807) is 62.6 Å². The van der Waals surface area contributed by atoms with Crippen LogP contribution in [-0.2, 0) is 9.59 Å². The van der Waals surface area contributed by atoms with Crippen molar-refractivity contribution in [3.8, 4) is 0 Å². The maximum atomic E-state index is 13.8. The van der Waals surface area contributed by atoms with Gasteiger partial charge >= 0.3 is 0 Å². The van der Waals surface area contributed by atoms with Crippen LogP contribution in [0.1, 0.15) is 32.2 Å². The van der Waals surface area contributed by atoms with Crippen molar-refractivity contribution in [2.75, 3.05) is 23.9 Å². The number of rotatable bonds is 3. The van der Waals surface area contributed by atoms with Gasteiger partial charge in [-0.15, -0.1) is 0 Å². The van der Waals surface area contributed by atoms with Crippen molar-refractivity contribution in [1.29, 1.82) is 0 Å².